The minimum atomic E-state index is 0.174. The van der Waals surface area contributed by atoms with Crippen LogP contribution in [0.1, 0.15) is 48.8 Å². The van der Waals surface area contributed by atoms with Crippen molar-refractivity contribution in [2.45, 2.75) is 52.4 Å². The van der Waals surface area contributed by atoms with Crippen LogP contribution < -0.4 is 0 Å². The van der Waals surface area contributed by atoms with Crippen molar-refractivity contribution < 1.29 is 9.59 Å². The number of piperazine rings is 1. The number of rotatable bonds is 3. The van der Waals surface area contributed by atoms with Crippen molar-refractivity contribution in [1.29, 1.82) is 0 Å². The van der Waals surface area contributed by atoms with E-state index in [1.165, 1.54) is 30.4 Å². The first-order valence-corrected chi connectivity index (χ1v) is 9.67. The van der Waals surface area contributed by atoms with Crippen molar-refractivity contribution in [2.75, 3.05) is 26.2 Å². The molecule has 0 aromatic heterocycles. The van der Waals surface area contributed by atoms with Crippen molar-refractivity contribution in [2.24, 2.45) is 5.92 Å². The molecule has 3 rings (SSSR count). The molecule has 0 unspecified atom stereocenters. The van der Waals surface area contributed by atoms with Gasteiger partial charge in [0, 0.05) is 32.1 Å². The normalized spacial score (nSPS) is 19.1. The molecule has 2 fully saturated rings. The molecule has 1 aliphatic carbocycles. The minimum absolute atomic E-state index is 0.174. The second-order valence-corrected chi connectivity index (χ2v) is 7.64. The van der Waals surface area contributed by atoms with Crippen molar-refractivity contribution in [3.8, 4) is 0 Å². The number of aryl methyl sites for hydroxylation is 2. The second kappa shape index (κ2) is 8.03. The average molecular weight is 342 g/mol. The number of nitrogens with zero attached hydrogens (tertiary/aromatic N) is 2. The fourth-order valence-corrected chi connectivity index (χ4v) is 3.98. The lowest BCUT2D eigenvalue weighted by atomic mass is 9.88. The van der Waals surface area contributed by atoms with Crippen LogP contribution in [-0.2, 0) is 16.0 Å². The Balaban J connectivity index is 1.50. The molecule has 1 aliphatic heterocycles. The zero-order valence-electron chi connectivity index (χ0n) is 15.6. The lowest BCUT2D eigenvalue weighted by Crippen LogP contribution is -2.52. The van der Waals surface area contributed by atoms with E-state index in [4.69, 9.17) is 0 Å². The molecule has 1 aromatic rings. The Morgan fingerprint density at radius 3 is 2.20 bits per heavy atom. The maximum absolute atomic E-state index is 12.6. The van der Waals surface area contributed by atoms with Crippen LogP contribution in [0.2, 0.25) is 0 Å². The Morgan fingerprint density at radius 1 is 0.920 bits per heavy atom. The van der Waals surface area contributed by atoms with E-state index in [2.05, 4.69) is 26.0 Å². The molecule has 1 aromatic carbocycles. The standard InChI is InChI=1S/C21H30N2O2/c1-16-8-9-18(14-17(16)2)15-20(24)22-10-12-23(13-11-22)21(25)19-6-4-3-5-7-19/h8-9,14,19H,3-7,10-13,15H2,1-2H3. The summed E-state index contributed by atoms with van der Waals surface area (Å²) in [6, 6.07) is 6.23. The molecule has 0 N–H and O–H groups in total. The summed E-state index contributed by atoms with van der Waals surface area (Å²) in [4.78, 5) is 29.1. The fraction of sp³-hybridized carbons (Fsp3) is 0.619. The number of carbonyl (C=O) groups excluding carboxylic acids is 2. The third kappa shape index (κ3) is 4.42. The predicted octanol–water partition coefficient (Wildman–Crippen LogP) is 3.10. The van der Waals surface area contributed by atoms with Crippen molar-refractivity contribution in [3.63, 3.8) is 0 Å². The van der Waals surface area contributed by atoms with Crippen LogP contribution in [0.15, 0.2) is 18.2 Å². The number of benzene rings is 1. The van der Waals surface area contributed by atoms with E-state index >= 15 is 0 Å². The topological polar surface area (TPSA) is 40.6 Å². The zero-order chi connectivity index (χ0) is 17.8. The highest BCUT2D eigenvalue weighted by atomic mass is 16.2. The number of carbonyl (C=O) groups is 2. The van der Waals surface area contributed by atoms with Gasteiger partial charge in [-0.2, -0.15) is 0 Å². The van der Waals surface area contributed by atoms with E-state index in [1.807, 2.05) is 15.9 Å². The lowest BCUT2D eigenvalue weighted by Gasteiger charge is -2.37. The van der Waals surface area contributed by atoms with E-state index in [0.717, 1.165) is 18.4 Å². The van der Waals surface area contributed by atoms with Gasteiger partial charge in [-0.1, -0.05) is 37.5 Å². The summed E-state index contributed by atoms with van der Waals surface area (Å²) in [5.41, 5.74) is 3.56. The van der Waals surface area contributed by atoms with E-state index in [0.29, 0.717) is 38.5 Å². The molecular weight excluding hydrogens is 312 g/mol. The van der Waals surface area contributed by atoms with Gasteiger partial charge in [-0.3, -0.25) is 9.59 Å². The maximum Gasteiger partial charge on any atom is 0.227 e. The Morgan fingerprint density at radius 2 is 1.56 bits per heavy atom. The van der Waals surface area contributed by atoms with Crippen LogP contribution in [0.25, 0.3) is 0 Å². The van der Waals surface area contributed by atoms with E-state index in [9.17, 15) is 9.59 Å². The van der Waals surface area contributed by atoms with Crippen LogP contribution in [-0.4, -0.2) is 47.8 Å². The smallest absolute Gasteiger partial charge is 0.227 e. The van der Waals surface area contributed by atoms with Crippen LogP contribution in [0.5, 0.6) is 0 Å². The summed E-state index contributed by atoms with van der Waals surface area (Å²) in [7, 11) is 0. The van der Waals surface area contributed by atoms with Gasteiger partial charge in [0.05, 0.1) is 6.42 Å². The molecule has 136 valence electrons. The molecule has 1 saturated carbocycles. The van der Waals surface area contributed by atoms with Crippen LogP contribution in [0.4, 0.5) is 0 Å². The molecule has 2 aliphatic rings. The highest BCUT2D eigenvalue weighted by Gasteiger charge is 2.29. The Hall–Kier alpha value is -1.84. The number of amides is 2. The van der Waals surface area contributed by atoms with E-state index in [1.54, 1.807) is 0 Å². The first-order chi connectivity index (χ1) is 12.0. The van der Waals surface area contributed by atoms with Gasteiger partial charge in [-0.15, -0.1) is 0 Å². The average Bonchev–Trinajstić information content (AvgIpc) is 2.65. The third-order valence-corrected chi connectivity index (χ3v) is 5.83. The van der Waals surface area contributed by atoms with Gasteiger partial charge in [0.15, 0.2) is 0 Å². The maximum atomic E-state index is 12.6. The summed E-state index contributed by atoms with van der Waals surface area (Å²) < 4.78 is 0. The lowest BCUT2D eigenvalue weighted by molar-refractivity contribution is -0.142. The number of hydrogen-bond donors (Lipinski definition) is 0. The molecular formula is C21H30N2O2. The highest BCUT2D eigenvalue weighted by Crippen LogP contribution is 2.26. The molecule has 4 nitrogen and oxygen atoms in total. The van der Waals surface area contributed by atoms with Crippen LogP contribution in [0, 0.1) is 19.8 Å². The summed E-state index contributed by atoms with van der Waals surface area (Å²) in [5, 5.41) is 0. The Kier molecular flexibility index (Phi) is 5.77. The van der Waals surface area contributed by atoms with Crippen molar-refractivity contribution in [1.82, 2.24) is 9.80 Å². The number of hydrogen-bond acceptors (Lipinski definition) is 2. The van der Waals surface area contributed by atoms with Gasteiger partial charge >= 0.3 is 0 Å². The van der Waals surface area contributed by atoms with Gasteiger partial charge in [0.1, 0.15) is 0 Å². The molecule has 1 heterocycles. The monoisotopic (exact) mass is 342 g/mol. The molecule has 0 atom stereocenters. The fourth-order valence-electron chi connectivity index (χ4n) is 3.98. The first-order valence-electron chi connectivity index (χ1n) is 9.67. The molecule has 1 saturated heterocycles. The summed E-state index contributed by atoms with van der Waals surface area (Å²) in [6.45, 7) is 6.88. The molecule has 25 heavy (non-hydrogen) atoms. The Labute approximate surface area is 151 Å². The van der Waals surface area contributed by atoms with E-state index in [-0.39, 0.29) is 11.8 Å². The van der Waals surface area contributed by atoms with Gasteiger partial charge in [-0.25, -0.2) is 0 Å². The molecule has 2 amide bonds. The zero-order valence-corrected chi connectivity index (χ0v) is 15.6. The molecule has 0 radical (unpaired) electrons. The van der Waals surface area contributed by atoms with Gasteiger partial charge in [0.25, 0.3) is 0 Å². The summed E-state index contributed by atoms with van der Waals surface area (Å²) >= 11 is 0. The summed E-state index contributed by atoms with van der Waals surface area (Å²) in [5.74, 6) is 0.723. The Bertz CT molecular complexity index is 627. The summed E-state index contributed by atoms with van der Waals surface area (Å²) in [6.07, 6.45) is 6.19. The predicted molar refractivity (Wildman–Crippen MR) is 99.4 cm³/mol. The van der Waals surface area contributed by atoms with Crippen LogP contribution in [0.3, 0.4) is 0 Å². The van der Waals surface area contributed by atoms with Gasteiger partial charge in [0.2, 0.25) is 11.8 Å². The second-order valence-electron chi connectivity index (χ2n) is 7.64. The molecule has 0 bridgehead atoms. The van der Waals surface area contributed by atoms with Crippen molar-refractivity contribution >= 4 is 11.8 Å². The van der Waals surface area contributed by atoms with Crippen LogP contribution >= 0.6 is 0 Å². The minimum Gasteiger partial charge on any atom is -0.339 e. The molecule has 4 heteroatoms. The van der Waals surface area contributed by atoms with Gasteiger partial charge in [-0.05, 0) is 43.4 Å². The molecule has 0 spiro atoms. The first kappa shape index (κ1) is 18.0. The SMILES string of the molecule is Cc1ccc(CC(=O)N2CCN(C(=O)C3CCCCC3)CC2)cc1C. The van der Waals surface area contributed by atoms with E-state index < -0.39 is 0 Å². The quantitative estimate of drug-likeness (QED) is 0.847. The van der Waals surface area contributed by atoms with Crippen molar-refractivity contribution in [3.05, 3.63) is 34.9 Å². The highest BCUT2D eigenvalue weighted by molar-refractivity contribution is 5.81. The third-order valence-electron chi connectivity index (χ3n) is 5.83. The van der Waals surface area contributed by atoms with Gasteiger partial charge < -0.3 is 9.80 Å². The largest absolute Gasteiger partial charge is 0.339 e.